The Balaban J connectivity index is 1.40. The molecule has 2 aromatic rings. The molecule has 0 radical (unpaired) electrons. The molecule has 0 spiro atoms. The normalized spacial score (nSPS) is 12.6. The first-order valence-corrected chi connectivity index (χ1v) is 9.20. The van der Waals surface area contributed by atoms with Gasteiger partial charge in [0.1, 0.15) is 5.82 Å². The van der Waals surface area contributed by atoms with E-state index in [9.17, 15) is 4.79 Å². The third-order valence-electron chi connectivity index (χ3n) is 3.93. The predicted octanol–water partition coefficient (Wildman–Crippen LogP) is 4.39. The summed E-state index contributed by atoms with van der Waals surface area (Å²) in [5.41, 5.74) is 3.12. The second-order valence-electron chi connectivity index (χ2n) is 5.90. The second kappa shape index (κ2) is 8.67. The molecule has 6 heteroatoms. The van der Waals surface area contributed by atoms with E-state index in [2.05, 4.69) is 61.1 Å². The summed E-state index contributed by atoms with van der Waals surface area (Å²) in [7, 11) is 0. The monoisotopic (exact) mass is 400 g/mol. The van der Waals surface area contributed by atoms with Crippen molar-refractivity contribution in [3.8, 4) is 0 Å². The molecule has 2 amide bonds. The Morgan fingerprint density at radius 2 is 2.00 bits per heavy atom. The number of nitrogens with one attached hydrogen (secondary N) is 3. The number of carbonyl (C=O) groups excluding carboxylic acids is 1. The van der Waals surface area contributed by atoms with Crippen molar-refractivity contribution in [2.75, 3.05) is 23.7 Å². The minimum atomic E-state index is -0.223. The number of hydrogen-bond donors (Lipinski definition) is 3. The standard InChI is InChI=1S/C19H21BrN4O/c20-15-12-17-16(22-13-15)9-10-18(23-17)24-19(25)21-11-5-4-8-14-6-2-1-3-7-14/h1-3,6-7,9-10,12,22H,4-5,8,11,13H2,(H2,21,23,24,25). The van der Waals surface area contributed by atoms with Crippen LogP contribution in [0.15, 0.2) is 46.9 Å². The van der Waals surface area contributed by atoms with Crippen molar-refractivity contribution >= 4 is 39.5 Å². The molecule has 3 rings (SSSR count). The number of unbranched alkanes of at least 4 members (excludes halogenated alkanes) is 1. The van der Waals surface area contributed by atoms with Gasteiger partial charge in [-0.25, -0.2) is 9.78 Å². The van der Waals surface area contributed by atoms with Crippen molar-refractivity contribution in [2.24, 2.45) is 0 Å². The molecule has 3 N–H and O–H groups in total. The van der Waals surface area contributed by atoms with Crippen LogP contribution in [-0.4, -0.2) is 24.1 Å². The smallest absolute Gasteiger partial charge is 0.320 e. The first-order chi connectivity index (χ1) is 12.2. The molecule has 5 nitrogen and oxygen atoms in total. The van der Waals surface area contributed by atoms with Gasteiger partial charge in [-0.15, -0.1) is 0 Å². The summed E-state index contributed by atoms with van der Waals surface area (Å²) in [6.07, 6.45) is 4.98. The van der Waals surface area contributed by atoms with Crippen LogP contribution < -0.4 is 16.0 Å². The second-order valence-corrected chi connectivity index (χ2v) is 6.92. The molecule has 0 aliphatic carbocycles. The summed E-state index contributed by atoms with van der Waals surface area (Å²) in [6, 6.07) is 13.9. The largest absolute Gasteiger partial charge is 0.379 e. The van der Waals surface area contributed by atoms with Gasteiger partial charge < -0.3 is 10.6 Å². The fourth-order valence-corrected chi connectivity index (χ4v) is 3.00. The Morgan fingerprint density at radius 3 is 2.84 bits per heavy atom. The number of anilines is 2. The molecule has 0 fully saturated rings. The highest BCUT2D eigenvalue weighted by molar-refractivity contribution is 9.11. The lowest BCUT2D eigenvalue weighted by atomic mass is 10.1. The number of nitrogens with zero attached hydrogens (tertiary/aromatic N) is 1. The van der Waals surface area contributed by atoms with Crippen LogP contribution in [0.5, 0.6) is 0 Å². The van der Waals surface area contributed by atoms with E-state index >= 15 is 0 Å². The maximum Gasteiger partial charge on any atom is 0.320 e. The van der Waals surface area contributed by atoms with Crippen LogP contribution in [0.2, 0.25) is 0 Å². The number of hydrogen-bond acceptors (Lipinski definition) is 3. The Kier molecular flexibility index (Phi) is 6.06. The average Bonchev–Trinajstić information content (AvgIpc) is 2.62. The van der Waals surface area contributed by atoms with Crippen LogP contribution in [0.1, 0.15) is 24.1 Å². The lowest BCUT2D eigenvalue weighted by Crippen LogP contribution is -2.30. The maximum absolute atomic E-state index is 12.0. The van der Waals surface area contributed by atoms with Gasteiger partial charge in [0.25, 0.3) is 0 Å². The van der Waals surface area contributed by atoms with E-state index in [1.807, 2.05) is 18.2 Å². The molecule has 0 unspecified atom stereocenters. The van der Waals surface area contributed by atoms with E-state index in [0.717, 1.165) is 41.7 Å². The van der Waals surface area contributed by atoms with Gasteiger partial charge in [-0.1, -0.05) is 46.3 Å². The Hall–Kier alpha value is -2.34. The Morgan fingerprint density at radius 1 is 1.16 bits per heavy atom. The van der Waals surface area contributed by atoms with E-state index in [0.29, 0.717) is 12.4 Å². The first-order valence-electron chi connectivity index (χ1n) is 8.40. The number of carbonyl (C=O) groups is 1. The lowest BCUT2D eigenvalue weighted by Gasteiger charge is -2.15. The SMILES string of the molecule is O=C(NCCCCc1ccccc1)Nc1ccc2c(n1)C=C(Br)CN2. The minimum Gasteiger partial charge on any atom is -0.379 e. The van der Waals surface area contributed by atoms with Gasteiger partial charge in [0.15, 0.2) is 0 Å². The number of benzene rings is 1. The summed E-state index contributed by atoms with van der Waals surface area (Å²) in [4.78, 5) is 16.4. The lowest BCUT2D eigenvalue weighted by molar-refractivity contribution is 0.252. The van der Waals surface area contributed by atoms with Crippen LogP contribution in [0.3, 0.4) is 0 Å². The van der Waals surface area contributed by atoms with E-state index in [4.69, 9.17) is 0 Å². The van der Waals surface area contributed by atoms with Gasteiger partial charge in [-0.2, -0.15) is 0 Å². The zero-order chi connectivity index (χ0) is 17.5. The number of amides is 2. The molecular weight excluding hydrogens is 380 g/mol. The van der Waals surface area contributed by atoms with Crippen LogP contribution in [-0.2, 0) is 6.42 Å². The van der Waals surface area contributed by atoms with Crippen LogP contribution in [0.4, 0.5) is 16.3 Å². The van der Waals surface area contributed by atoms with Crippen molar-refractivity contribution in [3.05, 3.63) is 58.2 Å². The number of fused-ring (bicyclic) bond motifs is 1. The highest BCUT2D eigenvalue weighted by Crippen LogP contribution is 2.25. The number of pyridine rings is 1. The summed E-state index contributed by atoms with van der Waals surface area (Å²) in [5, 5.41) is 8.91. The minimum absolute atomic E-state index is 0.223. The fourth-order valence-electron chi connectivity index (χ4n) is 2.64. The molecule has 0 bridgehead atoms. The Labute approximate surface area is 156 Å². The molecule has 0 saturated heterocycles. The molecule has 2 heterocycles. The fraction of sp³-hybridized carbons (Fsp3) is 0.263. The van der Waals surface area contributed by atoms with Crippen molar-refractivity contribution in [1.82, 2.24) is 10.3 Å². The van der Waals surface area contributed by atoms with Crippen LogP contribution in [0.25, 0.3) is 6.08 Å². The summed E-state index contributed by atoms with van der Waals surface area (Å²) in [6.45, 7) is 1.40. The van der Waals surface area contributed by atoms with Gasteiger partial charge in [-0.3, -0.25) is 5.32 Å². The number of halogens is 1. The van der Waals surface area contributed by atoms with Gasteiger partial charge >= 0.3 is 6.03 Å². The summed E-state index contributed by atoms with van der Waals surface area (Å²) in [5.74, 6) is 0.542. The van der Waals surface area contributed by atoms with Gasteiger partial charge in [0, 0.05) is 17.6 Å². The van der Waals surface area contributed by atoms with Crippen molar-refractivity contribution in [3.63, 3.8) is 0 Å². The molecule has 0 atom stereocenters. The quantitative estimate of drug-likeness (QED) is 0.629. The molecule has 1 aromatic carbocycles. The summed E-state index contributed by atoms with van der Waals surface area (Å²) < 4.78 is 1.03. The van der Waals surface area contributed by atoms with Crippen molar-refractivity contribution in [2.45, 2.75) is 19.3 Å². The highest BCUT2D eigenvalue weighted by atomic mass is 79.9. The van der Waals surface area contributed by atoms with E-state index in [1.165, 1.54) is 5.56 Å². The average molecular weight is 401 g/mol. The van der Waals surface area contributed by atoms with Gasteiger partial charge in [-0.05, 0) is 43.0 Å². The van der Waals surface area contributed by atoms with Gasteiger partial charge in [0.2, 0.25) is 0 Å². The van der Waals surface area contributed by atoms with E-state index < -0.39 is 0 Å². The topological polar surface area (TPSA) is 66.0 Å². The third-order valence-corrected chi connectivity index (χ3v) is 4.44. The molecule has 1 aliphatic heterocycles. The first kappa shape index (κ1) is 17.5. The number of aromatic nitrogens is 1. The molecule has 1 aliphatic rings. The van der Waals surface area contributed by atoms with Gasteiger partial charge in [0.05, 0.1) is 11.4 Å². The zero-order valence-corrected chi connectivity index (χ0v) is 15.5. The third kappa shape index (κ3) is 5.32. The highest BCUT2D eigenvalue weighted by Gasteiger charge is 2.11. The summed E-state index contributed by atoms with van der Waals surface area (Å²) >= 11 is 3.46. The van der Waals surface area contributed by atoms with E-state index in [1.54, 1.807) is 6.07 Å². The molecular formula is C19H21BrN4O. The van der Waals surface area contributed by atoms with Crippen LogP contribution in [0, 0.1) is 0 Å². The molecule has 0 saturated carbocycles. The van der Waals surface area contributed by atoms with Crippen molar-refractivity contribution < 1.29 is 4.79 Å². The zero-order valence-electron chi connectivity index (χ0n) is 13.9. The van der Waals surface area contributed by atoms with Crippen LogP contribution >= 0.6 is 15.9 Å². The molecule has 25 heavy (non-hydrogen) atoms. The van der Waals surface area contributed by atoms with Crippen molar-refractivity contribution in [1.29, 1.82) is 0 Å². The Bertz CT molecular complexity index is 761. The van der Waals surface area contributed by atoms with E-state index in [-0.39, 0.29) is 6.03 Å². The number of urea groups is 1. The number of aryl methyl sites for hydroxylation is 1. The predicted molar refractivity (Wildman–Crippen MR) is 106 cm³/mol. The number of rotatable bonds is 6. The molecule has 130 valence electrons. The molecule has 1 aromatic heterocycles. The maximum atomic E-state index is 12.0.